The minimum absolute atomic E-state index is 0.0122. The van der Waals surface area contributed by atoms with E-state index in [2.05, 4.69) is 9.05 Å². The van der Waals surface area contributed by atoms with Crippen molar-refractivity contribution in [3.8, 4) is 11.5 Å². The molecule has 2 aromatic rings. The van der Waals surface area contributed by atoms with Gasteiger partial charge in [-0.15, -0.1) is 0 Å². The van der Waals surface area contributed by atoms with Crippen LogP contribution < -0.4 is 28.6 Å². The van der Waals surface area contributed by atoms with Crippen LogP contribution in [0.4, 0.5) is 0 Å². The monoisotopic (exact) mass is 814 g/mol. The molecule has 16 heteroatoms. The van der Waals surface area contributed by atoms with Crippen molar-refractivity contribution in [2.75, 3.05) is 20.9 Å². The third kappa shape index (κ3) is 7.46. The van der Waals surface area contributed by atoms with Crippen molar-refractivity contribution < 1.29 is 64.9 Å². The average molecular weight is 816 g/mol. The number of ether oxygens (including phenoxy) is 4. The number of methoxy groups -OCH3 is 2. The third-order valence-corrected chi connectivity index (χ3v) is 13.8. The lowest BCUT2D eigenvalue weighted by molar-refractivity contribution is -0.335. The molecule has 8 saturated carbocycles. The van der Waals surface area contributed by atoms with Gasteiger partial charge >= 0.3 is 0 Å². The van der Waals surface area contributed by atoms with Gasteiger partial charge in [-0.25, -0.2) is 0 Å². The molecule has 0 heterocycles. The Morgan fingerprint density at radius 3 is 1.40 bits per heavy atom. The highest BCUT2D eigenvalue weighted by atomic mass is 35.5. The minimum atomic E-state index is -5.48. The van der Waals surface area contributed by atoms with Crippen molar-refractivity contribution in [3.63, 3.8) is 0 Å². The second-order valence-electron chi connectivity index (χ2n) is 15.6. The largest absolute Gasteiger partial charge is 0.780 e. The van der Waals surface area contributed by atoms with Crippen LogP contribution in [-0.2, 0) is 28.1 Å². The molecule has 0 amide bonds. The molecular formula is C37H40Cl2O12P2-4. The molecule has 8 aliphatic rings. The van der Waals surface area contributed by atoms with E-state index in [0.29, 0.717) is 37.5 Å². The van der Waals surface area contributed by atoms with Gasteiger partial charge in [-0.05, 0) is 147 Å². The first-order valence-electron chi connectivity index (χ1n) is 20.5. The zero-order valence-corrected chi connectivity index (χ0v) is 31.6. The van der Waals surface area contributed by atoms with Crippen LogP contribution in [0, 0.1) is 35.5 Å². The van der Waals surface area contributed by atoms with Gasteiger partial charge in [-0.3, -0.25) is 0 Å². The highest BCUT2D eigenvalue weighted by Crippen LogP contribution is 2.63. The fraction of sp³-hybridized carbons (Fsp3) is 0.568. The summed E-state index contributed by atoms with van der Waals surface area (Å²) >= 11 is 12.3. The van der Waals surface area contributed by atoms with E-state index in [1.165, 1.54) is 36.4 Å². The Morgan fingerprint density at radius 2 is 1.06 bits per heavy atom. The predicted octanol–water partition coefficient (Wildman–Crippen LogP) is 5.97. The second-order valence-corrected chi connectivity index (χ2v) is 18.6. The molecule has 0 aromatic heterocycles. The zero-order chi connectivity index (χ0) is 42.5. The van der Waals surface area contributed by atoms with E-state index in [0.717, 1.165) is 49.7 Å². The molecule has 0 aliphatic heterocycles. The Bertz CT molecular complexity index is 1980. The lowest BCUT2D eigenvalue weighted by Gasteiger charge is -2.59. The molecule has 4 atom stereocenters. The summed E-state index contributed by atoms with van der Waals surface area (Å²) in [5.74, 6) is -0.534. The Labute approximate surface area is 326 Å². The van der Waals surface area contributed by atoms with E-state index in [1.807, 2.05) is 0 Å². The maximum Gasteiger partial charge on any atom is 0.148 e. The van der Waals surface area contributed by atoms with Gasteiger partial charge in [0.2, 0.25) is 0 Å². The molecule has 12 nitrogen and oxygen atoms in total. The van der Waals surface area contributed by atoms with E-state index in [-0.39, 0.29) is 63.2 Å². The number of phosphoric ester groups is 2. The summed E-state index contributed by atoms with van der Waals surface area (Å²) in [6.45, 7) is 0.0122. The standard InChI is InChI=1S/C37H44Cl2O12P2/c1-46-34(22-3-5-28(38)30(11-22)50-52(40,41)42)32-24-7-20-8-25(32)16-36(13-20,15-24)48-19-49-37-14-21-9-26(17-37)33(27(10-21)18-37)35(47-2)23-4-6-29(39)31(12-23)51-53(43,44)45/h3-6,11-12,20-21,24-27H,7-10,13-19H2,1-2H3,(H2,40,41,42)(H2,43,44,45)/p-4/i1D3,2D3. The Hall–Kier alpha value is -2.08. The first-order valence-corrected chi connectivity index (χ1v) is 21.2. The molecule has 10 rings (SSSR count). The lowest BCUT2D eigenvalue weighted by Crippen LogP contribution is -2.55. The van der Waals surface area contributed by atoms with Crippen LogP contribution in [0.25, 0.3) is 11.5 Å². The van der Waals surface area contributed by atoms with E-state index in [4.69, 9.17) is 50.4 Å². The number of phosphoric acid groups is 2. The van der Waals surface area contributed by atoms with Crippen molar-refractivity contribution in [3.05, 3.63) is 68.7 Å². The number of benzene rings is 2. The van der Waals surface area contributed by atoms with Crippen molar-refractivity contribution in [2.45, 2.75) is 75.4 Å². The number of allylic oxidation sites excluding steroid dienone is 2. The van der Waals surface area contributed by atoms with Crippen LogP contribution in [0.15, 0.2) is 47.5 Å². The van der Waals surface area contributed by atoms with Crippen LogP contribution in [0.2, 0.25) is 10.0 Å². The van der Waals surface area contributed by atoms with Crippen LogP contribution in [0.5, 0.6) is 11.5 Å². The average Bonchev–Trinajstić information content (AvgIpc) is 3.06. The molecule has 8 aliphatic carbocycles. The first kappa shape index (κ1) is 31.1. The van der Waals surface area contributed by atoms with E-state index in [1.54, 1.807) is 0 Å². The van der Waals surface area contributed by atoms with Crippen molar-refractivity contribution in [1.82, 2.24) is 0 Å². The van der Waals surface area contributed by atoms with Crippen molar-refractivity contribution in [1.29, 1.82) is 0 Å². The highest BCUT2D eigenvalue weighted by molar-refractivity contribution is 7.43. The number of rotatable bonds is 12. The summed E-state index contributed by atoms with van der Waals surface area (Å²) < 4.78 is 104. The second kappa shape index (κ2) is 13.8. The van der Waals surface area contributed by atoms with Crippen LogP contribution in [0.1, 0.15) is 83.6 Å². The first-order chi connectivity index (χ1) is 27.3. The van der Waals surface area contributed by atoms with Crippen molar-refractivity contribution in [2.24, 2.45) is 35.5 Å². The number of halogens is 2. The fourth-order valence-electron chi connectivity index (χ4n) is 11.0. The van der Waals surface area contributed by atoms with E-state index in [9.17, 15) is 28.7 Å². The topological polar surface area (TPSA) is 182 Å². The Kier molecular flexibility index (Phi) is 8.11. The molecule has 0 spiro atoms. The van der Waals surface area contributed by atoms with Gasteiger partial charge in [0, 0.05) is 11.1 Å². The summed E-state index contributed by atoms with van der Waals surface area (Å²) in [5.41, 5.74) is 0.941. The smallest absolute Gasteiger partial charge is 0.148 e. The van der Waals surface area contributed by atoms with Gasteiger partial charge < -0.3 is 56.7 Å². The Morgan fingerprint density at radius 1 is 0.679 bits per heavy atom. The molecule has 4 unspecified atom stereocenters. The molecule has 53 heavy (non-hydrogen) atoms. The summed E-state index contributed by atoms with van der Waals surface area (Å²) in [5, 5.41) is -0.288. The summed E-state index contributed by atoms with van der Waals surface area (Å²) in [6, 6.07) is 8.06. The van der Waals surface area contributed by atoms with Crippen LogP contribution in [-0.4, -0.2) is 32.1 Å². The third-order valence-electron chi connectivity index (χ3n) is 12.3. The molecule has 0 saturated heterocycles. The lowest BCUT2D eigenvalue weighted by atomic mass is 9.51. The molecule has 2 aromatic carbocycles. The van der Waals surface area contributed by atoms with Crippen molar-refractivity contribution >= 4 is 50.4 Å². The highest BCUT2D eigenvalue weighted by Gasteiger charge is 2.57. The normalized spacial score (nSPS) is 34.8. The summed E-state index contributed by atoms with van der Waals surface area (Å²) in [7, 11) is -16.6. The number of hydrogen-bond acceptors (Lipinski definition) is 12. The van der Waals surface area contributed by atoms with Gasteiger partial charge in [0.1, 0.15) is 45.5 Å². The SMILES string of the molecule is [2H]C([2H])([2H])OC(=C1C2CC3CC1CC(OCOC14CC5CC(C1)C(=C(OC([2H])([2H])[2H])c1ccc(Cl)c(OP(=O)([O-])[O-])c1)C(C5)C4)(C3)C2)c1ccc(Cl)c(OP(=O)([O-])[O-])c1. The molecular weight excluding hydrogens is 769 g/mol. The summed E-state index contributed by atoms with van der Waals surface area (Å²) in [4.78, 5) is 45.7. The zero-order valence-electron chi connectivity index (χ0n) is 34.3. The van der Waals surface area contributed by atoms with Gasteiger partial charge in [-0.2, -0.15) is 0 Å². The quantitative estimate of drug-likeness (QED) is 0.139. The van der Waals surface area contributed by atoms with Gasteiger partial charge in [-0.1, -0.05) is 23.2 Å². The fourth-order valence-corrected chi connectivity index (χ4v) is 12.2. The van der Waals surface area contributed by atoms with Crippen LogP contribution in [0.3, 0.4) is 0 Å². The predicted molar refractivity (Wildman–Crippen MR) is 187 cm³/mol. The van der Waals surface area contributed by atoms with E-state index < -0.39 is 52.4 Å². The Balaban J connectivity index is 1.02. The van der Waals surface area contributed by atoms with Crippen LogP contribution >= 0.6 is 38.8 Å². The van der Waals surface area contributed by atoms with E-state index >= 15 is 0 Å². The van der Waals surface area contributed by atoms with Gasteiger partial charge in [0.05, 0.1) is 43.5 Å². The molecule has 0 N–H and O–H groups in total. The maximum atomic E-state index is 11.4. The minimum Gasteiger partial charge on any atom is -0.780 e. The van der Waals surface area contributed by atoms with Gasteiger partial charge in [0.25, 0.3) is 0 Å². The van der Waals surface area contributed by atoms with Gasteiger partial charge in [0.15, 0.2) is 0 Å². The molecule has 8 bridgehead atoms. The molecule has 8 fully saturated rings. The molecule has 288 valence electrons. The summed E-state index contributed by atoms with van der Waals surface area (Å²) in [6.07, 6.45) is 7.00. The number of hydrogen-bond donors (Lipinski definition) is 0. The maximum absolute atomic E-state index is 11.4. The molecule has 0 radical (unpaired) electrons.